The van der Waals surface area contributed by atoms with Crippen molar-refractivity contribution in [1.29, 1.82) is 0 Å². The number of hydrogen-bond acceptors (Lipinski definition) is 2. The van der Waals surface area contributed by atoms with Crippen LogP contribution in [0.15, 0.2) is 0 Å². The number of rotatable bonds is 2. The van der Waals surface area contributed by atoms with Gasteiger partial charge in [0.15, 0.2) is 0 Å². The zero-order chi connectivity index (χ0) is 11.4. The van der Waals surface area contributed by atoms with Gasteiger partial charge in [0, 0.05) is 6.42 Å². The first-order valence-corrected chi connectivity index (χ1v) is 6.87. The fourth-order valence-electron chi connectivity index (χ4n) is 4.54. The molecule has 3 aliphatic rings. The second-order valence-corrected chi connectivity index (χ2v) is 6.19. The van der Waals surface area contributed by atoms with Gasteiger partial charge in [-0.05, 0) is 43.9 Å². The second-order valence-electron chi connectivity index (χ2n) is 6.19. The summed E-state index contributed by atoms with van der Waals surface area (Å²) in [5.74, 6) is 1.61. The topological polar surface area (TPSA) is 26.3 Å². The second kappa shape index (κ2) is 3.24. The van der Waals surface area contributed by atoms with E-state index in [1.807, 2.05) is 0 Å². The lowest BCUT2D eigenvalue weighted by Crippen LogP contribution is -2.33. The lowest BCUT2D eigenvalue weighted by molar-refractivity contribution is -0.156. The van der Waals surface area contributed by atoms with Crippen molar-refractivity contribution in [3.63, 3.8) is 0 Å². The van der Waals surface area contributed by atoms with Crippen molar-refractivity contribution < 1.29 is 9.53 Å². The Hall–Kier alpha value is -0.530. The fourth-order valence-corrected chi connectivity index (χ4v) is 4.54. The third kappa shape index (κ3) is 1.16. The largest absolute Gasteiger partial charge is 0.459 e. The summed E-state index contributed by atoms with van der Waals surface area (Å²) >= 11 is 0. The first-order valence-electron chi connectivity index (χ1n) is 6.87. The number of esters is 1. The van der Waals surface area contributed by atoms with E-state index in [2.05, 4.69) is 13.8 Å². The van der Waals surface area contributed by atoms with Crippen molar-refractivity contribution in [1.82, 2.24) is 0 Å². The van der Waals surface area contributed by atoms with Crippen molar-refractivity contribution in [2.45, 2.75) is 64.4 Å². The van der Waals surface area contributed by atoms with E-state index in [0.29, 0.717) is 5.92 Å². The quantitative estimate of drug-likeness (QED) is 0.670. The molecule has 1 heterocycles. The fraction of sp³-hybridized carbons (Fsp3) is 0.929. The van der Waals surface area contributed by atoms with E-state index in [9.17, 15) is 4.79 Å². The summed E-state index contributed by atoms with van der Waals surface area (Å²) in [5.41, 5.74) is -0.184. The van der Waals surface area contributed by atoms with Crippen LogP contribution >= 0.6 is 0 Å². The van der Waals surface area contributed by atoms with Crippen molar-refractivity contribution in [2.75, 3.05) is 0 Å². The molecule has 0 aromatic carbocycles. The summed E-state index contributed by atoms with van der Waals surface area (Å²) in [5, 5.41) is 0. The van der Waals surface area contributed by atoms with E-state index in [4.69, 9.17) is 4.74 Å². The average molecular weight is 222 g/mol. The maximum atomic E-state index is 12.3. The van der Waals surface area contributed by atoms with Gasteiger partial charge in [0.1, 0.15) is 5.60 Å². The van der Waals surface area contributed by atoms with E-state index in [1.54, 1.807) is 0 Å². The molecule has 3 unspecified atom stereocenters. The van der Waals surface area contributed by atoms with Crippen LogP contribution in [-0.4, -0.2) is 11.6 Å². The van der Waals surface area contributed by atoms with E-state index in [-0.39, 0.29) is 17.0 Å². The number of cyclic esters (lactones) is 1. The van der Waals surface area contributed by atoms with Gasteiger partial charge in [-0.2, -0.15) is 0 Å². The molecular weight excluding hydrogens is 200 g/mol. The molecule has 2 nitrogen and oxygen atoms in total. The molecule has 0 amide bonds. The summed E-state index contributed by atoms with van der Waals surface area (Å²) in [6, 6.07) is 0. The molecule has 2 bridgehead atoms. The first kappa shape index (κ1) is 10.6. The molecule has 3 atom stereocenters. The van der Waals surface area contributed by atoms with Gasteiger partial charge in [0.25, 0.3) is 0 Å². The molecule has 1 aliphatic heterocycles. The number of ether oxygens (including phenoxy) is 1. The molecule has 2 aliphatic carbocycles. The van der Waals surface area contributed by atoms with Crippen LogP contribution in [-0.2, 0) is 9.53 Å². The molecule has 2 heteroatoms. The Morgan fingerprint density at radius 2 is 2.06 bits per heavy atom. The molecule has 0 radical (unpaired) electrons. The molecule has 2 saturated carbocycles. The molecule has 3 fully saturated rings. The van der Waals surface area contributed by atoms with Crippen molar-refractivity contribution >= 4 is 5.97 Å². The Labute approximate surface area is 97.7 Å². The van der Waals surface area contributed by atoms with Gasteiger partial charge in [-0.3, -0.25) is 4.79 Å². The number of hydrogen-bond donors (Lipinski definition) is 0. The van der Waals surface area contributed by atoms with Crippen LogP contribution in [0.2, 0.25) is 0 Å². The standard InChI is InChI=1S/C14H22O2/c1-3-13(4-2)9-14(12(15)16-13)8-10-5-6-11(14)7-10/h10-11H,3-9H2,1-2H3. The van der Waals surface area contributed by atoms with Crippen LogP contribution in [0, 0.1) is 17.3 Å². The molecule has 3 rings (SSSR count). The average Bonchev–Trinajstić information content (AvgIpc) is 2.94. The Kier molecular flexibility index (Phi) is 2.15. The highest BCUT2D eigenvalue weighted by atomic mass is 16.6. The highest BCUT2D eigenvalue weighted by molar-refractivity contribution is 5.81. The molecule has 1 spiro atoms. The van der Waals surface area contributed by atoms with Crippen LogP contribution in [0.1, 0.15) is 58.8 Å². The summed E-state index contributed by atoms with van der Waals surface area (Å²) < 4.78 is 5.80. The molecule has 16 heavy (non-hydrogen) atoms. The summed E-state index contributed by atoms with van der Waals surface area (Å²) in [6.07, 6.45) is 8.00. The highest BCUT2D eigenvalue weighted by Crippen LogP contribution is 2.63. The Balaban J connectivity index is 1.90. The predicted octanol–water partition coefficient (Wildman–Crippen LogP) is 3.30. The minimum atomic E-state index is -0.123. The Bertz CT molecular complexity index is 319. The van der Waals surface area contributed by atoms with Crippen LogP contribution in [0.4, 0.5) is 0 Å². The zero-order valence-corrected chi connectivity index (χ0v) is 10.4. The highest BCUT2D eigenvalue weighted by Gasteiger charge is 2.63. The normalized spacial score (nSPS) is 44.2. The lowest BCUT2D eigenvalue weighted by atomic mass is 9.68. The van der Waals surface area contributed by atoms with Crippen LogP contribution in [0.5, 0.6) is 0 Å². The molecule has 0 N–H and O–H groups in total. The minimum Gasteiger partial charge on any atom is -0.459 e. The molecule has 1 saturated heterocycles. The first-order chi connectivity index (χ1) is 7.64. The Morgan fingerprint density at radius 1 is 1.31 bits per heavy atom. The molecule has 90 valence electrons. The summed E-state index contributed by atoms with van der Waals surface area (Å²) in [4.78, 5) is 12.3. The van der Waals surface area contributed by atoms with Crippen LogP contribution < -0.4 is 0 Å². The third-order valence-corrected chi connectivity index (χ3v) is 5.62. The third-order valence-electron chi connectivity index (χ3n) is 5.62. The van der Waals surface area contributed by atoms with E-state index >= 15 is 0 Å². The SMILES string of the molecule is CCC1(CC)CC2(CC3CCC2C3)C(=O)O1. The predicted molar refractivity (Wildman–Crippen MR) is 61.9 cm³/mol. The van der Waals surface area contributed by atoms with Crippen LogP contribution in [0.25, 0.3) is 0 Å². The van der Waals surface area contributed by atoms with Gasteiger partial charge in [0.05, 0.1) is 5.41 Å². The van der Waals surface area contributed by atoms with Crippen LogP contribution in [0.3, 0.4) is 0 Å². The molecule has 0 aromatic heterocycles. The van der Waals surface area contributed by atoms with Gasteiger partial charge in [-0.1, -0.05) is 20.3 Å². The van der Waals surface area contributed by atoms with Crippen molar-refractivity contribution in [2.24, 2.45) is 17.3 Å². The number of carbonyl (C=O) groups is 1. The summed E-state index contributed by atoms with van der Waals surface area (Å²) in [7, 11) is 0. The number of fused-ring (bicyclic) bond motifs is 3. The Morgan fingerprint density at radius 3 is 2.50 bits per heavy atom. The summed E-state index contributed by atoms with van der Waals surface area (Å²) in [6.45, 7) is 4.31. The zero-order valence-electron chi connectivity index (χ0n) is 10.4. The smallest absolute Gasteiger partial charge is 0.313 e. The maximum absolute atomic E-state index is 12.3. The molecule has 0 aromatic rings. The van der Waals surface area contributed by atoms with Gasteiger partial charge < -0.3 is 4.74 Å². The van der Waals surface area contributed by atoms with Gasteiger partial charge in [-0.25, -0.2) is 0 Å². The number of carbonyl (C=O) groups excluding carboxylic acids is 1. The lowest BCUT2D eigenvalue weighted by Gasteiger charge is -2.31. The van der Waals surface area contributed by atoms with Gasteiger partial charge in [0.2, 0.25) is 0 Å². The van der Waals surface area contributed by atoms with Crippen molar-refractivity contribution in [3.05, 3.63) is 0 Å². The van der Waals surface area contributed by atoms with Crippen molar-refractivity contribution in [3.8, 4) is 0 Å². The van der Waals surface area contributed by atoms with E-state index in [0.717, 1.165) is 31.6 Å². The van der Waals surface area contributed by atoms with Gasteiger partial charge >= 0.3 is 5.97 Å². The van der Waals surface area contributed by atoms with E-state index in [1.165, 1.54) is 19.3 Å². The molecular formula is C14H22O2. The van der Waals surface area contributed by atoms with Gasteiger partial charge in [-0.15, -0.1) is 0 Å². The minimum absolute atomic E-state index is 0.0606. The monoisotopic (exact) mass is 222 g/mol. The maximum Gasteiger partial charge on any atom is 0.313 e. The van der Waals surface area contributed by atoms with E-state index < -0.39 is 0 Å².